The highest BCUT2D eigenvalue weighted by Crippen LogP contribution is 2.13. The molecule has 1 atom stereocenters. The van der Waals surface area contributed by atoms with Crippen LogP contribution in [0, 0.1) is 0 Å². The third-order valence-electron chi connectivity index (χ3n) is 1.85. The van der Waals surface area contributed by atoms with Crippen molar-refractivity contribution < 1.29 is 13.4 Å². The van der Waals surface area contributed by atoms with Crippen molar-refractivity contribution in [1.29, 1.82) is 0 Å². The molecule has 0 aromatic carbocycles. The molecule has 0 aliphatic rings. The Morgan fingerprint density at radius 1 is 1.40 bits per heavy atom. The molecule has 5 heteroatoms. The largest absolute Gasteiger partial charge is 0.356 e. The first-order chi connectivity index (χ1) is 6.85. The SMILES string of the molecule is CCNC(=O)CCS(=O)CCC(C)(C)F. The van der Waals surface area contributed by atoms with E-state index in [9.17, 15) is 13.4 Å². The van der Waals surface area contributed by atoms with Crippen LogP contribution in [0.2, 0.25) is 0 Å². The molecule has 0 saturated heterocycles. The molecule has 3 nitrogen and oxygen atoms in total. The normalized spacial score (nSPS) is 13.6. The van der Waals surface area contributed by atoms with Crippen molar-refractivity contribution in [2.24, 2.45) is 0 Å². The molecule has 0 aliphatic carbocycles. The number of alkyl halides is 1. The van der Waals surface area contributed by atoms with Gasteiger partial charge in [-0.15, -0.1) is 0 Å². The summed E-state index contributed by atoms with van der Waals surface area (Å²) in [4.78, 5) is 11.0. The molecular formula is C10H20FNO2S. The van der Waals surface area contributed by atoms with Crippen LogP contribution in [0.1, 0.15) is 33.6 Å². The van der Waals surface area contributed by atoms with E-state index in [1.165, 1.54) is 13.8 Å². The minimum Gasteiger partial charge on any atom is -0.356 e. The maximum absolute atomic E-state index is 13.1. The Hall–Kier alpha value is -0.450. The lowest BCUT2D eigenvalue weighted by molar-refractivity contribution is -0.120. The Morgan fingerprint density at radius 2 is 2.00 bits per heavy atom. The molecule has 0 aliphatic heterocycles. The Kier molecular flexibility index (Phi) is 6.72. The molecule has 0 bridgehead atoms. The summed E-state index contributed by atoms with van der Waals surface area (Å²) in [5.74, 6) is 0.551. The molecule has 0 spiro atoms. The highest BCUT2D eigenvalue weighted by Gasteiger charge is 2.16. The molecule has 90 valence electrons. The summed E-state index contributed by atoms with van der Waals surface area (Å²) >= 11 is 0. The number of nitrogens with one attached hydrogen (secondary N) is 1. The van der Waals surface area contributed by atoms with Crippen LogP contribution in [0.4, 0.5) is 4.39 Å². The van der Waals surface area contributed by atoms with Gasteiger partial charge in [-0.3, -0.25) is 9.00 Å². The van der Waals surface area contributed by atoms with Crippen molar-refractivity contribution in [3.63, 3.8) is 0 Å². The first kappa shape index (κ1) is 14.6. The van der Waals surface area contributed by atoms with Crippen LogP contribution in [0.15, 0.2) is 0 Å². The summed E-state index contributed by atoms with van der Waals surface area (Å²) in [7, 11) is -1.09. The van der Waals surface area contributed by atoms with E-state index < -0.39 is 16.5 Å². The zero-order chi connectivity index (χ0) is 11.9. The minimum atomic E-state index is -1.28. The number of rotatable bonds is 7. The van der Waals surface area contributed by atoms with Gasteiger partial charge in [0.25, 0.3) is 0 Å². The topological polar surface area (TPSA) is 46.2 Å². The summed E-state index contributed by atoms with van der Waals surface area (Å²) in [5.41, 5.74) is -1.28. The summed E-state index contributed by atoms with van der Waals surface area (Å²) in [6, 6.07) is 0. The van der Waals surface area contributed by atoms with Gasteiger partial charge in [-0.2, -0.15) is 0 Å². The van der Waals surface area contributed by atoms with Crippen LogP contribution in [0.5, 0.6) is 0 Å². The molecule has 0 radical (unpaired) electrons. The van der Waals surface area contributed by atoms with E-state index in [0.717, 1.165) is 0 Å². The molecule has 15 heavy (non-hydrogen) atoms. The molecule has 0 rings (SSSR count). The Morgan fingerprint density at radius 3 is 2.47 bits per heavy atom. The first-order valence-corrected chi connectivity index (χ1v) is 6.64. The Bertz CT molecular complexity index is 226. The second kappa shape index (κ2) is 6.93. The summed E-state index contributed by atoms with van der Waals surface area (Å²) in [5, 5.41) is 2.63. The van der Waals surface area contributed by atoms with Gasteiger partial charge >= 0.3 is 0 Å². The lowest BCUT2D eigenvalue weighted by Crippen LogP contribution is -2.25. The minimum absolute atomic E-state index is 0.0923. The predicted molar refractivity (Wildman–Crippen MR) is 61.0 cm³/mol. The standard InChI is InChI=1S/C10H20FNO2S/c1-4-12-9(13)5-7-15(14)8-6-10(2,3)11/h4-8H2,1-3H3,(H,12,13). The van der Waals surface area contributed by atoms with Crippen LogP contribution in [0.25, 0.3) is 0 Å². The van der Waals surface area contributed by atoms with E-state index >= 15 is 0 Å². The summed E-state index contributed by atoms with van der Waals surface area (Å²) < 4.78 is 24.4. The van der Waals surface area contributed by atoms with Crippen molar-refractivity contribution in [1.82, 2.24) is 5.32 Å². The average Bonchev–Trinajstić information content (AvgIpc) is 2.11. The van der Waals surface area contributed by atoms with E-state index in [1.807, 2.05) is 6.92 Å². The number of carbonyl (C=O) groups excluding carboxylic acids is 1. The van der Waals surface area contributed by atoms with E-state index in [0.29, 0.717) is 18.1 Å². The van der Waals surface area contributed by atoms with Gasteiger partial charge in [0.15, 0.2) is 0 Å². The van der Waals surface area contributed by atoms with E-state index in [-0.39, 0.29) is 18.7 Å². The maximum Gasteiger partial charge on any atom is 0.220 e. The third-order valence-corrected chi connectivity index (χ3v) is 3.17. The van der Waals surface area contributed by atoms with Gasteiger partial charge < -0.3 is 5.32 Å². The zero-order valence-corrected chi connectivity index (χ0v) is 10.5. The zero-order valence-electron chi connectivity index (χ0n) is 9.64. The third kappa shape index (κ3) is 9.85. The predicted octanol–water partition coefficient (Wildman–Crippen LogP) is 1.40. The number of hydrogen-bond donors (Lipinski definition) is 1. The van der Waals surface area contributed by atoms with Crippen LogP contribution in [-0.4, -0.2) is 33.8 Å². The van der Waals surface area contributed by atoms with Gasteiger partial charge in [-0.05, 0) is 27.2 Å². The molecule has 1 unspecified atom stereocenters. The van der Waals surface area contributed by atoms with Crippen molar-refractivity contribution in [3.8, 4) is 0 Å². The quantitative estimate of drug-likeness (QED) is 0.727. The monoisotopic (exact) mass is 237 g/mol. The van der Waals surface area contributed by atoms with Crippen LogP contribution in [-0.2, 0) is 15.6 Å². The second-order valence-corrected chi connectivity index (χ2v) is 5.72. The highest BCUT2D eigenvalue weighted by molar-refractivity contribution is 7.84. The van der Waals surface area contributed by atoms with Crippen molar-refractivity contribution in [2.75, 3.05) is 18.1 Å². The van der Waals surface area contributed by atoms with Gasteiger partial charge in [0, 0.05) is 35.3 Å². The van der Waals surface area contributed by atoms with Gasteiger partial charge in [-0.1, -0.05) is 0 Å². The number of carbonyl (C=O) groups is 1. The lowest BCUT2D eigenvalue weighted by Gasteiger charge is -2.12. The maximum atomic E-state index is 13.1. The molecule has 0 aromatic heterocycles. The fourth-order valence-corrected chi connectivity index (χ4v) is 2.28. The van der Waals surface area contributed by atoms with Crippen molar-refractivity contribution >= 4 is 16.7 Å². The molecular weight excluding hydrogens is 217 g/mol. The Labute approximate surface area is 93.3 Å². The van der Waals surface area contributed by atoms with Gasteiger partial charge in [0.2, 0.25) is 5.91 Å². The molecule has 0 heterocycles. The van der Waals surface area contributed by atoms with E-state index in [4.69, 9.17) is 0 Å². The Balaban J connectivity index is 3.62. The number of amides is 1. The number of hydrogen-bond acceptors (Lipinski definition) is 2. The van der Waals surface area contributed by atoms with E-state index in [2.05, 4.69) is 5.32 Å². The van der Waals surface area contributed by atoms with Crippen LogP contribution < -0.4 is 5.32 Å². The molecule has 0 aromatic rings. The summed E-state index contributed by atoms with van der Waals surface area (Å²) in [6.45, 7) is 5.35. The second-order valence-electron chi connectivity index (χ2n) is 4.02. The van der Waals surface area contributed by atoms with Gasteiger partial charge in [0.05, 0.1) is 0 Å². The van der Waals surface area contributed by atoms with Crippen molar-refractivity contribution in [2.45, 2.75) is 39.3 Å². The fraction of sp³-hybridized carbons (Fsp3) is 0.900. The molecule has 1 N–H and O–H groups in total. The average molecular weight is 237 g/mol. The highest BCUT2D eigenvalue weighted by atomic mass is 32.2. The number of halogens is 1. The molecule has 0 saturated carbocycles. The lowest BCUT2D eigenvalue weighted by atomic mass is 10.1. The fourth-order valence-electron chi connectivity index (χ4n) is 0.951. The van der Waals surface area contributed by atoms with Crippen molar-refractivity contribution in [3.05, 3.63) is 0 Å². The van der Waals surface area contributed by atoms with Gasteiger partial charge in [-0.25, -0.2) is 4.39 Å². The van der Waals surface area contributed by atoms with Crippen LogP contribution in [0.3, 0.4) is 0 Å². The van der Waals surface area contributed by atoms with Crippen LogP contribution >= 0.6 is 0 Å². The first-order valence-electron chi connectivity index (χ1n) is 5.15. The summed E-state index contributed by atoms with van der Waals surface area (Å²) in [6.07, 6.45) is 0.530. The smallest absolute Gasteiger partial charge is 0.220 e. The van der Waals surface area contributed by atoms with Gasteiger partial charge in [0.1, 0.15) is 5.67 Å². The molecule has 1 amide bonds. The van der Waals surface area contributed by atoms with E-state index in [1.54, 1.807) is 0 Å². The molecule has 0 fully saturated rings.